The topological polar surface area (TPSA) is 97.1 Å². The maximum absolute atomic E-state index is 12.3. The summed E-state index contributed by atoms with van der Waals surface area (Å²) >= 11 is 0. The van der Waals surface area contributed by atoms with Gasteiger partial charge in [-0.05, 0) is 25.0 Å². The van der Waals surface area contributed by atoms with E-state index in [0.717, 1.165) is 50.7 Å². The maximum Gasteiger partial charge on any atom is 0.251 e. The molecule has 2 aliphatic heterocycles. The molecule has 0 aliphatic carbocycles. The van der Waals surface area contributed by atoms with Gasteiger partial charge in [0.15, 0.2) is 5.76 Å². The summed E-state index contributed by atoms with van der Waals surface area (Å²) in [7, 11) is 0. The minimum Gasteiger partial charge on any atom is -0.390 e. The average Bonchev–Trinajstić information content (AvgIpc) is 3.21. The monoisotopic (exact) mass is 415 g/mol. The summed E-state index contributed by atoms with van der Waals surface area (Å²) in [5.74, 6) is 0.673. The van der Waals surface area contributed by atoms with E-state index < -0.39 is 12.2 Å². The number of nitrogens with one attached hydrogen (secondary N) is 1. The van der Waals surface area contributed by atoms with E-state index in [1.807, 2.05) is 24.3 Å². The first kappa shape index (κ1) is 21.0. The fraction of sp³-hybridized carbons (Fsp3) is 0.545. The molecule has 2 aliphatic rings. The minimum absolute atomic E-state index is 0.0617. The van der Waals surface area contributed by atoms with Crippen molar-refractivity contribution in [1.29, 1.82) is 0 Å². The van der Waals surface area contributed by atoms with E-state index in [0.29, 0.717) is 18.4 Å². The van der Waals surface area contributed by atoms with Crippen molar-refractivity contribution >= 4 is 5.91 Å². The van der Waals surface area contributed by atoms with Crippen molar-refractivity contribution < 1.29 is 23.9 Å². The van der Waals surface area contributed by atoms with E-state index >= 15 is 0 Å². The highest BCUT2D eigenvalue weighted by atomic mass is 16.5. The second kappa shape index (κ2) is 10.2. The number of aromatic nitrogens is 1. The summed E-state index contributed by atoms with van der Waals surface area (Å²) < 4.78 is 16.9. The van der Waals surface area contributed by atoms with E-state index in [1.54, 1.807) is 12.1 Å². The van der Waals surface area contributed by atoms with Crippen molar-refractivity contribution in [3.63, 3.8) is 0 Å². The van der Waals surface area contributed by atoms with Gasteiger partial charge in [0.05, 0.1) is 37.7 Å². The highest BCUT2D eigenvalue weighted by Gasteiger charge is 2.31. The van der Waals surface area contributed by atoms with Gasteiger partial charge in [-0.2, -0.15) is 0 Å². The second-order valence-electron chi connectivity index (χ2n) is 7.89. The van der Waals surface area contributed by atoms with Crippen LogP contribution in [-0.4, -0.2) is 72.2 Å². The summed E-state index contributed by atoms with van der Waals surface area (Å²) in [5.41, 5.74) is 1.45. The predicted octanol–water partition coefficient (Wildman–Crippen LogP) is 1.39. The van der Waals surface area contributed by atoms with Gasteiger partial charge in [0.1, 0.15) is 6.10 Å². The molecule has 1 aromatic heterocycles. The molecular weight excluding hydrogens is 386 g/mol. The Balaban J connectivity index is 1.26. The number of morpholine rings is 1. The second-order valence-corrected chi connectivity index (χ2v) is 7.89. The van der Waals surface area contributed by atoms with Gasteiger partial charge in [-0.25, -0.2) is 0 Å². The molecule has 2 N–H and O–H groups in total. The molecule has 1 aromatic carbocycles. The number of amides is 1. The highest BCUT2D eigenvalue weighted by Crippen LogP contribution is 2.23. The number of rotatable bonds is 7. The molecule has 0 unspecified atom stereocenters. The lowest BCUT2D eigenvalue weighted by molar-refractivity contribution is -0.114. The number of hydrogen-bond donors (Lipinski definition) is 2. The third-order valence-corrected chi connectivity index (χ3v) is 5.61. The SMILES string of the molecule is O=C(NC[C@H]1O[C@H](Cc2cc(CN3CCOCC3)on2)CC[C@@H]1O)c1ccccc1. The lowest BCUT2D eigenvalue weighted by atomic mass is 9.98. The minimum atomic E-state index is -0.591. The van der Waals surface area contributed by atoms with E-state index in [9.17, 15) is 9.90 Å². The molecule has 2 aromatic rings. The number of ether oxygens (including phenoxy) is 2. The molecule has 0 spiro atoms. The van der Waals surface area contributed by atoms with Crippen LogP contribution in [-0.2, 0) is 22.4 Å². The molecule has 30 heavy (non-hydrogen) atoms. The molecular formula is C22H29N3O5. The molecule has 8 heteroatoms. The van der Waals surface area contributed by atoms with Gasteiger partial charge in [0.2, 0.25) is 0 Å². The van der Waals surface area contributed by atoms with Crippen LogP contribution in [0.15, 0.2) is 40.9 Å². The number of carbonyl (C=O) groups is 1. The van der Waals surface area contributed by atoms with Crippen LogP contribution in [0.2, 0.25) is 0 Å². The molecule has 2 fully saturated rings. The average molecular weight is 415 g/mol. The molecule has 0 radical (unpaired) electrons. The van der Waals surface area contributed by atoms with Crippen LogP contribution in [0.4, 0.5) is 0 Å². The summed E-state index contributed by atoms with van der Waals surface area (Å²) in [6.45, 7) is 4.30. The normalized spacial score (nSPS) is 25.2. The van der Waals surface area contributed by atoms with Gasteiger partial charge in [-0.3, -0.25) is 9.69 Å². The molecule has 4 rings (SSSR count). The van der Waals surface area contributed by atoms with Crippen LogP contribution in [0.1, 0.15) is 34.7 Å². The molecule has 162 valence electrons. The van der Waals surface area contributed by atoms with Gasteiger partial charge in [0.25, 0.3) is 5.91 Å². The van der Waals surface area contributed by atoms with Crippen molar-refractivity contribution in [2.45, 2.75) is 44.1 Å². The highest BCUT2D eigenvalue weighted by molar-refractivity contribution is 5.94. The first-order chi connectivity index (χ1) is 14.7. The van der Waals surface area contributed by atoms with Crippen molar-refractivity contribution in [1.82, 2.24) is 15.4 Å². The van der Waals surface area contributed by atoms with E-state index in [-0.39, 0.29) is 18.6 Å². The third-order valence-electron chi connectivity index (χ3n) is 5.61. The first-order valence-corrected chi connectivity index (χ1v) is 10.6. The molecule has 2 saturated heterocycles. The fourth-order valence-electron chi connectivity index (χ4n) is 3.91. The van der Waals surface area contributed by atoms with Crippen LogP contribution in [0.25, 0.3) is 0 Å². The number of aliphatic hydroxyl groups excluding tert-OH is 1. The Bertz CT molecular complexity index is 806. The lowest BCUT2D eigenvalue weighted by Crippen LogP contribution is -2.46. The molecule has 3 atom stereocenters. The molecule has 3 heterocycles. The number of carbonyl (C=O) groups excluding carboxylic acids is 1. The molecule has 1 amide bonds. The van der Waals surface area contributed by atoms with E-state index in [2.05, 4.69) is 15.4 Å². The summed E-state index contributed by atoms with van der Waals surface area (Å²) in [6, 6.07) is 11.0. The smallest absolute Gasteiger partial charge is 0.251 e. The van der Waals surface area contributed by atoms with Gasteiger partial charge in [-0.1, -0.05) is 23.4 Å². The Labute approximate surface area is 176 Å². The number of hydrogen-bond acceptors (Lipinski definition) is 7. The van der Waals surface area contributed by atoms with E-state index in [4.69, 9.17) is 14.0 Å². The van der Waals surface area contributed by atoms with Crippen LogP contribution >= 0.6 is 0 Å². The van der Waals surface area contributed by atoms with Gasteiger partial charge < -0.3 is 24.4 Å². The van der Waals surface area contributed by atoms with Crippen molar-refractivity contribution in [2.75, 3.05) is 32.8 Å². The lowest BCUT2D eigenvalue weighted by Gasteiger charge is -2.33. The summed E-state index contributed by atoms with van der Waals surface area (Å²) in [4.78, 5) is 14.5. The van der Waals surface area contributed by atoms with Crippen LogP contribution in [0.5, 0.6) is 0 Å². The van der Waals surface area contributed by atoms with Crippen molar-refractivity contribution in [3.05, 3.63) is 53.4 Å². The quantitative estimate of drug-likeness (QED) is 0.705. The predicted molar refractivity (Wildman–Crippen MR) is 109 cm³/mol. The molecule has 0 saturated carbocycles. The largest absolute Gasteiger partial charge is 0.390 e. The Morgan fingerprint density at radius 2 is 2.00 bits per heavy atom. The van der Waals surface area contributed by atoms with E-state index in [1.165, 1.54) is 0 Å². The van der Waals surface area contributed by atoms with Gasteiger partial charge in [0, 0.05) is 37.7 Å². The number of nitrogens with zero attached hydrogens (tertiary/aromatic N) is 2. The van der Waals surface area contributed by atoms with Crippen LogP contribution < -0.4 is 5.32 Å². The fourth-order valence-corrected chi connectivity index (χ4v) is 3.91. The zero-order valence-electron chi connectivity index (χ0n) is 17.0. The number of benzene rings is 1. The first-order valence-electron chi connectivity index (χ1n) is 10.6. The number of aliphatic hydroxyl groups is 1. The Hall–Kier alpha value is -2.26. The Kier molecular flexibility index (Phi) is 7.11. The zero-order valence-corrected chi connectivity index (χ0v) is 17.0. The van der Waals surface area contributed by atoms with Gasteiger partial charge in [-0.15, -0.1) is 0 Å². The third kappa shape index (κ3) is 5.66. The molecule has 8 nitrogen and oxygen atoms in total. The van der Waals surface area contributed by atoms with Gasteiger partial charge >= 0.3 is 0 Å². The summed E-state index contributed by atoms with van der Waals surface area (Å²) in [5, 5.41) is 17.3. The van der Waals surface area contributed by atoms with Crippen molar-refractivity contribution in [2.24, 2.45) is 0 Å². The molecule has 0 bridgehead atoms. The summed E-state index contributed by atoms with van der Waals surface area (Å²) in [6.07, 6.45) is 0.920. The Morgan fingerprint density at radius 3 is 2.80 bits per heavy atom. The zero-order chi connectivity index (χ0) is 20.8. The maximum atomic E-state index is 12.3. The van der Waals surface area contributed by atoms with Crippen LogP contribution in [0, 0.1) is 0 Å². The van der Waals surface area contributed by atoms with Crippen molar-refractivity contribution in [3.8, 4) is 0 Å². The standard InChI is InChI=1S/C22H29N3O5/c26-20-7-6-18(29-21(20)14-23-22(27)16-4-2-1-3-5-16)12-17-13-19(30-24-17)15-25-8-10-28-11-9-25/h1-5,13,18,20-21,26H,6-12,14-15H2,(H,23,27)/t18-,20-,21+/m0/s1. The Morgan fingerprint density at radius 1 is 1.20 bits per heavy atom. The van der Waals surface area contributed by atoms with Crippen LogP contribution in [0.3, 0.4) is 0 Å².